The van der Waals surface area contributed by atoms with Gasteiger partial charge < -0.3 is 14.8 Å². The molecule has 0 radical (unpaired) electrons. The highest BCUT2D eigenvalue weighted by Crippen LogP contribution is 2.31. The molecule has 0 heterocycles. The quantitative estimate of drug-likeness (QED) is 0.288. The van der Waals surface area contributed by atoms with E-state index in [9.17, 15) is 9.59 Å². The van der Waals surface area contributed by atoms with Crippen LogP contribution in [0.2, 0.25) is 10.0 Å². The second-order valence-electron chi connectivity index (χ2n) is 5.60. The second kappa shape index (κ2) is 11.1. The van der Waals surface area contributed by atoms with Crippen molar-refractivity contribution in [3.63, 3.8) is 0 Å². The first-order chi connectivity index (χ1) is 14.0. The number of methoxy groups -OCH3 is 1. The predicted molar refractivity (Wildman–Crippen MR) is 113 cm³/mol. The summed E-state index contributed by atoms with van der Waals surface area (Å²) in [6.07, 6.45) is 2.83. The van der Waals surface area contributed by atoms with Gasteiger partial charge in [-0.25, -0.2) is 5.43 Å². The number of nitrogens with one attached hydrogen (secondary N) is 2. The van der Waals surface area contributed by atoms with Crippen molar-refractivity contribution in [3.05, 3.63) is 70.2 Å². The predicted octanol–water partition coefficient (Wildman–Crippen LogP) is 3.33. The van der Waals surface area contributed by atoms with Crippen LogP contribution in [0.15, 0.2) is 54.2 Å². The van der Waals surface area contributed by atoms with Gasteiger partial charge in [-0.05, 0) is 35.9 Å². The first kappa shape index (κ1) is 22.3. The summed E-state index contributed by atoms with van der Waals surface area (Å²) in [5, 5.41) is 7.11. The summed E-state index contributed by atoms with van der Waals surface area (Å²) in [6, 6.07) is 10.3. The van der Waals surface area contributed by atoms with E-state index in [1.165, 1.54) is 19.4 Å². The Bertz CT molecular complexity index is 912. The Morgan fingerprint density at radius 1 is 1.14 bits per heavy atom. The Kier molecular flexibility index (Phi) is 8.51. The molecule has 9 heteroatoms. The number of hydrogen-bond acceptors (Lipinski definition) is 5. The third kappa shape index (κ3) is 6.51. The van der Waals surface area contributed by atoms with E-state index in [0.29, 0.717) is 32.7 Å². The molecule has 0 spiro atoms. The Hall–Kier alpha value is -3.03. The molecule has 0 unspecified atom stereocenters. The van der Waals surface area contributed by atoms with Crippen molar-refractivity contribution in [1.29, 1.82) is 0 Å². The number of carbonyl (C=O) groups excluding carboxylic acids is 2. The molecule has 0 aromatic heterocycles. The fourth-order valence-corrected chi connectivity index (χ4v) is 2.67. The smallest absolute Gasteiger partial charge is 0.329 e. The van der Waals surface area contributed by atoms with E-state index in [1.54, 1.807) is 36.4 Å². The van der Waals surface area contributed by atoms with Crippen molar-refractivity contribution in [3.8, 4) is 11.5 Å². The summed E-state index contributed by atoms with van der Waals surface area (Å²) < 4.78 is 11.1. The summed E-state index contributed by atoms with van der Waals surface area (Å²) in [5.41, 5.74) is 3.42. The van der Waals surface area contributed by atoms with E-state index in [1.807, 2.05) is 0 Å². The van der Waals surface area contributed by atoms with Gasteiger partial charge in [0.1, 0.15) is 6.61 Å². The average molecular weight is 436 g/mol. The zero-order valence-electron chi connectivity index (χ0n) is 15.6. The SMILES string of the molecule is C=CCNC(=O)C(=O)N/N=C\c1ccc(OCc2c(Cl)cccc2Cl)c(OC)c1. The summed E-state index contributed by atoms with van der Waals surface area (Å²) in [6.45, 7) is 3.80. The normalized spacial score (nSPS) is 10.4. The van der Waals surface area contributed by atoms with Gasteiger partial charge in [0.05, 0.1) is 13.3 Å². The molecular formula is C20H19Cl2N3O4. The zero-order valence-corrected chi connectivity index (χ0v) is 17.1. The average Bonchev–Trinajstić information content (AvgIpc) is 2.72. The molecule has 0 aliphatic rings. The molecule has 152 valence electrons. The third-order valence-corrected chi connectivity index (χ3v) is 4.32. The fraction of sp³-hybridized carbons (Fsp3) is 0.150. The number of benzene rings is 2. The van der Waals surface area contributed by atoms with Crippen LogP contribution in [0.25, 0.3) is 0 Å². The van der Waals surface area contributed by atoms with Gasteiger partial charge in [0.15, 0.2) is 11.5 Å². The molecule has 0 aliphatic carbocycles. The molecule has 2 amide bonds. The van der Waals surface area contributed by atoms with E-state index in [2.05, 4.69) is 22.4 Å². The lowest BCUT2D eigenvalue weighted by atomic mass is 10.2. The number of nitrogens with zero attached hydrogens (tertiary/aromatic N) is 1. The van der Waals surface area contributed by atoms with Crippen molar-refractivity contribution >= 4 is 41.2 Å². The molecule has 0 bridgehead atoms. The minimum Gasteiger partial charge on any atom is -0.493 e. The van der Waals surface area contributed by atoms with Crippen LogP contribution in [0.5, 0.6) is 11.5 Å². The van der Waals surface area contributed by atoms with E-state index >= 15 is 0 Å². The number of amides is 2. The minimum atomic E-state index is -0.883. The molecule has 29 heavy (non-hydrogen) atoms. The molecule has 2 N–H and O–H groups in total. The third-order valence-electron chi connectivity index (χ3n) is 3.61. The number of halogens is 2. The molecule has 2 rings (SSSR count). The van der Waals surface area contributed by atoms with E-state index in [-0.39, 0.29) is 13.2 Å². The Morgan fingerprint density at radius 3 is 2.52 bits per heavy atom. The van der Waals surface area contributed by atoms with Crippen molar-refractivity contribution in [2.24, 2.45) is 5.10 Å². The monoisotopic (exact) mass is 435 g/mol. The van der Waals surface area contributed by atoms with Crippen LogP contribution in [0.3, 0.4) is 0 Å². The lowest BCUT2D eigenvalue weighted by Crippen LogP contribution is -2.37. The Labute approximate surface area is 178 Å². The largest absolute Gasteiger partial charge is 0.493 e. The number of rotatable bonds is 8. The van der Waals surface area contributed by atoms with E-state index < -0.39 is 11.8 Å². The summed E-state index contributed by atoms with van der Waals surface area (Å²) in [7, 11) is 1.50. The highest BCUT2D eigenvalue weighted by atomic mass is 35.5. The lowest BCUT2D eigenvalue weighted by molar-refractivity contribution is -0.139. The molecule has 0 saturated carbocycles. The maximum Gasteiger partial charge on any atom is 0.329 e. The zero-order chi connectivity index (χ0) is 21.2. The van der Waals surface area contributed by atoms with Crippen LogP contribution < -0.4 is 20.2 Å². The summed E-state index contributed by atoms with van der Waals surface area (Å²) >= 11 is 12.3. The van der Waals surface area contributed by atoms with Crippen LogP contribution >= 0.6 is 23.2 Å². The molecule has 0 aliphatic heterocycles. The van der Waals surface area contributed by atoms with Gasteiger partial charge in [-0.1, -0.05) is 35.3 Å². The number of ether oxygens (including phenoxy) is 2. The molecule has 7 nitrogen and oxygen atoms in total. The first-order valence-electron chi connectivity index (χ1n) is 8.42. The molecule has 0 atom stereocenters. The minimum absolute atomic E-state index is 0.165. The number of hydrogen-bond donors (Lipinski definition) is 2. The van der Waals surface area contributed by atoms with Crippen LogP contribution in [-0.2, 0) is 16.2 Å². The van der Waals surface area contributed by atoms with Gasteiger partial charge in [0, 0.05) is 22.2 Å². The van der Waals surface area contributed by atoms with Crippen molar-refractivity contribution in [2.45, 2.75) is 6.61 Å². The maximum atomic E-state index is 11.6. The van der Waals surface area contributed by atoms with Crippen molar-refractivity contribution < 1.29 is 19.1 Å². The number of carbonyl (C=O) groups is 2. The van der Waals surface area contributed by atoms with Crippen LogP contribution in [0.1, 0.15) is 11.1 Å². The highest BCUT2D eigenvalue weighted by Gasteiger charge is 2.11. The Morgan fingerprint density at radius 2 is 1.86 bits per heavy atom. The molecule has 0 saturated heterocycles. The molecular weight excluding hydrogens is 417 g/mol. The van der Waals surface area contributed by atoms with Gasteiger partial charge >= 0.3 is 11.8 Å². The fourth-order valence-electron chi connectivity index (χ4n) is 2.17. The molecule has 2 aromatic rings. The molecule has 0 fully saturated rings. The van der Waals surface area contributed by atoms with Crippen molar-refractivity contribution in [2.75, 3.05) is 13.7 Å². The van der Waals surface area contributed by atoms with Crippen LogP contribution in [0, 0.1) is 0 Å². The highest BCUT2D eigenvalue weighted by molar-refractivity contribution is 6.36. The lowest BCUT2D eigenvalue weighted by Gasteiger charge is -2.13. The van der Waals surface area contributed by atoms with Gasteiger partial charge in [0.25, 0.3) is 0 Å². The topological polar surface area (TPSA) is 89.0 Å². The second-order valence-corrected chi connectivity index (χ2v) is 6.41. The maximum absolute atomic E-state index is 11.6. The Balaban J connectivity index is 2.02. The van der Waals surface area contributed by atoms with Gasteiger partial charge in [-0.15, -0.1) is 6.58 Å². The standard InChI is InChI=1S/C20H19Cl2N3O4/c1-3-9-23-19(26)20(27)25-24-11-13-7-8-17(18(10-13)28-2)29-12-14-15(21)5-4-6-16(14)22/h3-8,10-11H,1,9,12H2,2H3,(H,23,26)(H,25,27)/b24-11-. The van der Waals surface area contributed by atoms with Crippen LogP contribution in [0.4, 0.5) is 0 Å². The van der Waals surface area contributed by atoms with Gasteiger partial charge in [-0.3, -0.25) is 9.59 Å². The summed E-state index contributed by atoms with van der Waals surface area (Å²) in [4.78, 5) is 23.0. The van der Waals surface area contributed by atoms with Gasteiger partial charge in [-0.2, -0.15) is 5.10 Å². The first-order valence-corrected chi connectivity index (χ1v) is 9.17. The van der Waals surface area contributed by atoms with Crippen LogP contribution in [-0.4, -0.2) is 31.7 Å². The summed E-state index contributed by atoms with van der Waals surface area (Å²) in [5.74, 6) is -0.756. The van der Waals surface area contributed by atoms with Crippen molar-refractivity contribution in [1.82, 2.24) is 10.7 Å². The van der Waals surface area contributed by atoms with E-state index in [4.69, 9.17) is 32.7 Å². The van der Waals surface area contributed by atoms with E-state index in [0.717, 1.165) is 0 Å². The van der Waals surface area contributed by atoms with Gasteiger partial charge in [0.2, 0.25) is 0 Å². The molecule has 2 aromatic carbocycles. The number of hydrazone groups is 1.